The van der Waals surface area contributed by atoms with E-state index in [0.29, 0.717) is 11.3 Å². The molecule has 0 aliphatic heterocycles. The molecule has 1 unspecified atom stereocenters. The smallest absolute Gasteiger partial charge is 0.406 e. The molecule has 2 amide bonds. The summed E-state index contributed by atoms with van der Waals surface area (Å²) >= 11 is 0. The third-order valence-electron chi connectivity index (χ3n) is 2.45. The van der Waals surface area contributed by atoms with Crippen LogP contribution in [0.3, 0.4) is 0 Å². The van der Waals surface area contributed by atoms with Crippen LogP contribution in [0.4, 0.5) is 18.0 Å². The minimum Gasteiger partial charge on any atom is -0.480 e. The zero-order chi connectivity index (χ0) is 15.9. The molecule has 2 N–H and O–H groups in total. The third-order valence-corrected chi connectivity index (χ3v) is 2.45. The third kappa shape index (κ3) is 7.85. The van der Waals surface area contributed by atoms with E-state index in [1.807, 2.05) is 0 Å². The van der Waals surface area contributed by atoms with Crippen molar-refractivity contribution in [2.45, 2.75) is 45.8 Å². The molecule has 5 nitrogen and oxygen atoms in total. The Hall–Kier alpha value is -1.47. The van der Waals surface area contributed by atoms with Gasteiger partial charge in [-0.3, -0.25) is 0 Å². The SMILES string of the molecule is CCCN(CC(F)(F)F)C(=O)NC(CC(C)C)C(=O)O. The largest absolute Gasteiger partial charge is 0.480 e. The lowest BCUT2D eigenvalue weighted by Crippen LogP contribution is -2.50. The molecule has 0 heterocycles. The van der Waals surface area contributed by atoms with Crippen molar-refractivity contribution in [1.82, 2.24) is 10.2 Å². The van der Waals surface area contributed by atoms with Gasteiger partial charge in [0.05, 0.1) is 0 Å². The molecule has 0 spiro atoms. The summed E-state index contributed by atoms with van der Waals surface area (Å²) in [5, 5.41) is 11.1. The van der Waals surface area contributed by atoms with E-state index in [4.69, 9.17) is 5.11 Å². The highest BCUT2D eigenvalue weighted by atomic mass is 19.4. The molecule has 0 bridgehead atoms. The minimum absolute atomic E-state index is 0.00126. The van der Waals surface area contributed by atoms with Gasteiger partial charge in [-0.1, -0.05) is 20.8 Å². The summed E-state index contributed by atoms with van der Waals surface area (Å²) in [6.45, 7) is 3.70. The van der Waals surface area contributed by atoms with Gasteiger partial charge < -0.3 is 15.3 Å². The van der Waals surface area contributed by atoms with Crippen molar-refractivity contribution >= 4 is 12.0 Å². The van der Waals surface area contributed by atoms with Crippen LogP contribution in [0.15, 0.2) is 0 Å². The first-order valence-electron chi connectivity index (χ1n) is 6.41. The molecule has 0 aromatic rings. The lowest BCUT2D eigenvalue weighted by atomic mass is 10.0. The van der Waals surface area contributed by atoms with Crippen LogP contribution in [0.5, 0.6) is 0 Å². The number of alkyl halides is 3. The zero-order valence-electron chi connectivity index (χ0n) is 11.8. The van der Waals surface area contributed by atoms with Crippen LogP contribution in [0.25, 0.3) is 0 Å². The van der Waals surface area contributed by atoms with E-state index in [0.717, 1.165) is 0 Å². The van der Waals surface area contributed by atoms with E-state index in [1.54, 1.807) is 20.8 Å². The number of nitrogens with one attached hydrogen (secondary N) is 1. The van der Waals surface area contributed by atoms with Crippen molar-refractivity contribution in [3.05, 3.63) is 0 Å². The van der Waals surface area contributed by atoms with Crippen LogP contribution in [-0.2, 0) is 4.79 Å². The Kier molecular flexibility index (Phi) is 7.38. The van der Waals surface area contributed by atoms with Gasteiger partial charge in [0.15, 0.2) is 0 Å². The van der Waals surface area contributed by atoms with Gasteiger partial charge in [-0.15, -0.1) is 0 Å². The molecule has 0 radical (unpaired) electrons. The Bertz CT molecular complexity index is 332. The maximum Gasteiger partial charge on any atom is 0.406 e. The minimum atomic E-state index is -4.51. The first-order valence-corrected chi connectivity index (χ1v) is 6.41. The molecule has 0 saturated carbocycles. The van der Waals surface area contributed by atoms with Crippen LogP contribution >= 0.6 is 0 Å². The summed E-state index contributed by atoms with van der Waals surface area (Å²) < 4.78 is 37.1. The summed E-state index contributed by atoms with van der Waals surface area (Å²) in [5.41, 5.74) is 0. The molecule has 0 aromatic heterocycles. The second-order valence-corrected chi connectivity index (χ2v) is 5.01. The van der Waals surface area contributed by atoms with Gasteiger partial charge in [0.1, 0.15) is 12.6 Å². The molecule has 1 atom stereocenters. The summed E-state index contributed by atoms with van der Waals surface area (Å²) in [5.74, 6) is -1.26. The van der Waals surface area contributed by atoms with Crippen molar-refractivity contribution in [3.63, 3.8) is 0 Å². The number of halogens is 3. The quantitative estimate of drug-likeness (QED) is 0.758. The second-order valence-electron chi connectivity index (χ2n) is 5.01. The number of amides is 2. The van der Waals surface area contributed by atoms with E-state index < -0.39 is 30.8 Å². The number of hydrogen-bond acceptors (Lipinski definition) is 2. The van der Waals surface area contributed by atoms with Gasteiger partial charge in [-0.2, -0.15) is 13.2 Å². The molecule has 0 saturated heterocycles. The van der Waals surface area contributed by atoms with Gasteiger partial charge in [0.25, 0.3) is 0 Å². The second kappa shape index (κ2) is 7.96. The number of carbonyl (C=O) groups is 2. The van der Waals surface area contributed by atoms with Crippen LogP contribution < -0.4 is 5.32 Å². The Balaban J connectivity index is 4.75. The predicted molar refractivity (Wildman–Crippen MR) is 67.3 cm³/mol. The Morgan fingerprint density at radius 2 is 1.85 bits per heavy atom. The Labute approximate surface area is 116 Å². The predicted octanol–water partition coefficient (Wildman–Crippen LogP) is 2.47. The number of urea groups is 1. The lowest BCUT2D eigenvalue weighted by Gasteiger charge is -2.26. The molecule has 118 valence electrons. The number of hydrogen-bond donors (Lipinski definition) is 2. The standard InChI is InChI=1S/C12H21F3N2O3/c1-4-5-17(7-12(13,14)15)11(20)16-9(10(18)19)6-8(2)3/h8-9H,4-7H2,1-3H3,(H,16,20)(H,18,19). The number of carboxylic acid groups (broad SMARTS) is 1. The van der Waals surface area contributed by atoms with Gasteiger partial charge in [0, 0.05) is 6.54 Å². The van der Waals surface area contributed by atoms with Crippen molar-refractivity contribution < 1.29 is 27.9 Å². The first kappa shape index (κ1) is 18.5. The summed E-state index contributed by atoms with van der Waals surface area (Å²) in [7, 11) is 0. The van der Waals surface area contributed by atoms with E-state index in [-0.39, 0.29) is 18.9 Å². The Morgan fingerprint density at radius 1 is 1.30 bits per heavy atom. The summed E-state index contributed by atoms with van der Waals surface area (Å²) in [6.07, 6.45) is -4.00. The molecule has 0 rings (SSSR count). The van der Waals surface area contributed by atoms with Crippen LogP contribution in [0.2, 0.25) is 0 Å². The molecule has 8 heteroatoms. The highest BCUT2D eigenvalue weighted by molar-refractivity contribution is 5.82. The number of rotatable bonds is 7. The van der Waals surface area contributed by atoms with Crippen LogP contribution in [0.1, 0.15) is 33.6 Å². The first-order chi connectivity index (χ1) is 9.06. The van der Waals surface area contributed by atoms with Gasteiger partial charge in [-0.05, 0) is 18.8 Å². The maximum absolute atomic E-state index is 12.4. The summed E-state index contributed by atoms with van der Waals surface area (Å²) in [6, 6.07) is -2.19. The average molecular weight is 298 g/mol. The molecule has 0 aliphatic carbocycles. The monoisotopic (exact) mass is 298 g/mol. The van der Waals surface area contributed by atoms with E-state index in [1.165, 1.54) is 0 Å². The van der Waals surface area contributed by atoms with Gasteiger partial charge in [0.2, 0.25) is 0 Å². The van der Waals surface area contributed by atoms with Crippen molar-refractivity contribution in [2.24, 2.45) is 5.92 Å². The van der Waals surface area contributed by atoms with E-state index in [9.17, 15) is 22.8 Å². The number of aliphatic carboxylic acids is 1. The van der Waals surface area contributed by atoms with E-state index in [2.05, 4.69) is 5.32 Å². The lowest BCUT2D eigenvalue weighted by molar-refractivity contribution is -0.141. The summed E-state index contributed by atoms with van der Waals surface area (Å²) in [4.78, 5) is 23.3. The molecule has 0 aliphatic rings. The van der Waals surface area contributed by atoms with Crippen LogP contribution in [-0.4, -0.2) is 47.3 Å². The van der Waals surface area contributed by atoms with Gasteiger partial charge >= 0.3 is 18.2 Å². The molecule has 20 heavy (non-hydrogen) atoms. The molecular formula is C12H21F3N2O3. The highest BCUT2D eigenvalue weighted by Gasteiger charge is 2.34. The Morgan fingerprint density at radius 3 is 2.20 bits per heavy atom. The highest BCUT2D eigenvalue weighted by Crippen LogP contribution is 2.17. The molecular weight excluding hydrogens is 277 g/mol. The van der Waals surface area contributed by atoms with Crippen LogP contribution in [0, 0.1) is 5.92 Å². The molecule has 0 fully saturated rings. The number of carbonyl (C=O) groups excluding carboxylic acids is 1. The molecule has 0 aromatic carbocycles. The number of carboxylic acids is 1. The number of nitrogens with zero attached hydrogens (tertiary/aromatic N) is 1. The topological polar surface area (TPSA) is 69.6 Å². The fourth-order valence-electron chi connectivity index (χ4n) is 1.67. The average Bonchev–Trinajstić information content (AvgIpc) is 2.24. The van der Waals surface area contributed by atoms with Crippen molar-refractivity contribution in [2.75, 3.05) is 13.1 Å². The van der Waals surface area contributed by atoms with E-state index >= 15 is 0 Å². The maximum atomic E-state index is 12.4. The fraction of sp³-hybridized carbons (Fsp3) is 0.833. The van der Waals surface area contributed by atoms with Crippen molar-refractivity contribution in [1.29, 1.82) is 0 Å². The zero-order valence-corrected chi connectivity index (χ0v) is 11.8. The van der Waals surface area contributed by atoms with Crippen molar-refractivity contribution in [3.8, 4) is 0 Å². The van der Waals surface area contributed by atoms with Gasteiger partial charge in [-0.25, -0.2) is 9.59 Å². The fourth-order valence-corrected chi connectivity index (χ4v) is 1.67. The normalized spacial score (nSPS) is 13.2.